The Morgan fingerprint density at radius 1 is 1.21 bits per heavy atom. The van der Waals surface area contributed by atoms with E-state index in [4.69, 9.17) is 0 Å². The number of carbonyl (C=O) groups excluding carboxylic acids is 1. The third-order valence-electron chi connectivity index (χ3n) is 5.23. The van der Waals surface area contributed by atoms with Crippen molar-refractivity contribution >= 4 is 11.5 Å². The van der Waals surface area contributed by atoms with Crippen molar-refractivity contribution in [3.63, 3.8) is 0 Å². The first-order valence-electron chi connectivity index (χ1n) is 7.84. The van der Waals surface area contributed by atoms with Crippen LogP contribution in [0.15, 0.2) is 18.2 Å². The molecular formula is C17H16N2O5. The van der Waals surface area contributed by atoms with E-state index in [0.29, 0.717) is 35.2 Å². The smallest absolute Gasteiger partial charge is 0.272 e. The van der Waals surface area contributed by atoms with Crippen molar-refractivity contribution in [1.29, 1.82) is 0 Å². The Morgan fingerprint density at radius 3 is 2.54 bits per heavy atom. The molecule has 2 bridgehead atoms. The number of nitrogens with zero attached hydrogens (tertiary/aromatic N) is 2. The van der Waals surface area contributed by atoms with Gasteiger partial charge in [-0.1, -0.05) is 0 Å². The summed E-state index contributed by atoms with van der Waals surface area (Å²) in [7, 11) is 0. The van der Waals surface area contributed by atoms with Crippen molar-refractivity contribution in [2.45, 2.75) is 38.0 Å². The lowest BCUT2D eigenvalue weighted by atomic mass is 9.67. The Hall–Kier alpha value is -2.83. The average molecular weight is 328 g/mol. The first-order valence-corrected chi connectivity index (χ1v) is 7.84. The normalized spacial score (nSPS) is 21.8. The van der Waals surface area contributed by atoms with E-state index in [9.17, 15) is 25.1 Å². The van der Waals surface area contributed by atoms with E-state index < -0.39 is 4.92 Å². The van der Waals surface area contributed by atoms with Crippen LogP contribution in [0.4, 0.5) is 5.69 Å². The number of aryl methyl sites for hydroxylation is 1. The second-order valence-corrected chi connectivity index (χ2v) is 6.54. The predicted octanol–water partition coefficient (Wildman–Crippen LogP) is 3.04. The number of benzene rings is 1. The summed E-state index contributed by atoms with van der Waals surface area (Å²) in [4.78, 5) is 22.6. The monoisotopic (exact) mass is 328 g/mol. The lowest BCUT2D eigenvalue weighted by molar-refractivity contribution is -0.385. The minimum atomic E-state index is -0.474. The van der Waals surface area contributed by atoms with Gasteiger partial charge in [0.2, 0.25) is 11.8 Å². The molecule has 0 unspecified atom stereocenters. The van der Waals surface area contributed by atoms with Crippen LogP contribution in [-0.4, -0.2) is 25.5 Å². The van der Waals surface area contributed by atoms with Gasteiger partial charge in [-0.3, -0.25) is 19.5 Å². The van der Waals surface area contributed by atoms with Crippen molar-refractivity contribution in [2.75, 3.05) is 0 Å². The van der Waals surface area contributed by atoms with Crippen molar-refractivity contribution in [1.82, 2.24) is 4.57 Å². The van der Waals surface area contributed by atoms with E-state index in [1.807, 2.05) is 0 Å². The number of hydrogen-bond acceptors (Lipinski definition) is 5. The van der Waals surface area contributed by atoms with Crippen LogP contribution >= 0.6 is 0 Å². The van der Waals surface area contributed by atoms with Gasteiger partial charge in [0, 0.05) is 35.1 Å². The Labute approximate surface area is 137 Å². The zero-order chi connectivity index (χ0) is 17.2. The van der Waals surface area contributed by atoms with E-state index in [-0.39, 0.29) is 35.1 Å². The highest BCUT2D eigenvalue weighted by molar-refractivity contribution is 5.91. The third kappa shape index (κ3) is 1.81. The Morgan fingerprint density at radius 2 is 1.92 bits per heavy atom. The fourth-order valence-corrected chi connectivity index (χ4v) is 4.12. The lowest BCUT2D eigenvalue weighted by Gasteiger charge is -2.34. The highest BCUT2D eigenvalue weighted by atomic mass is 16.6. The largest absolute Gasteiger partial charge is 0.494 e. The quantitative estimate of drug-likeness (QED) is 0.651. The molecule has 0 aliphatic heterocycles. The van der Waals surface area contributed by atoms with Crippen LogP contribution in [0, 0.1) is 17.0 Å². The maximum Gasteiger partial charge on any atom is 0.272 e. The molecule has 0 saturated heterocycles. The highest BCUT2D eigenvalue weighted by Gasteiger charge is 2.45. The molecule has 5 rings (SSSR count). The van der Waals surface area contributed by atoms with Crippen molar-refractivity contribution in [2.24, 2.45) is 0 Å². The minimum Gasteiger partial charge on any atom is -0.494 e. The molecule has 3 aliphatic carbocycles. The average Bonchev–Trinajstić information content (AvgIpc) is 2.80. The van der Waals surface area contributed by atoms with Crippen molar-refractivity contribution in [3.05, 3.63) is 45.0 Å². The Balaban J connectivity index is 1.91. The number of nitro groups is 1. The van der Waals surface area contributed by atoms with E-state index in [1.165, 1.54) is 16.7 Å². The Bertz CT molecular complexity index is 899. The lowest BCUT2D eigenvalue weighted by Crippen LogP contribution is -2.28. The number of ketones is 1. The number of hydrogen-bond donors (Lipinski definition) is 2. The predicted molar refractivity (Wildman–Crippen MR) is 84.8 cm³/mol. The molecule has 2 atom stereocenters. The molecule has 1 saturated carbocycles. The second kappa shape index (κ2) is 4.83. The maximum absolute atomic E-state index is 12.1. The molecule has 2 N–H and O–H groups in total. The topological polar surface area (TPSA) is 106 Å². The molecule has 1 heterocycles. The number of Topliss-reactive ketones (excluding diaryl/α,β-unsaturated/α-hetero) is 1. The number of rotatable bonds is 2. The molecule has 7 heteroatoms. The van der Waals surface area contributed by atoms with Crippen LogP contribution in [0.2, 0.25) is 0 Å². The minimum absolute atomic E-state index is 0.0232. The molecule has 0 spiro atoms. The van der Waals surface area contributed by atoms with Crippen LogP contribution in [0.5, 0.6) is 11.8 Å². The molecule has 7 nitrogen and oxygen atoms in total. The number of carbonyl (C=O) groups is 1. The van der Waals surface area contributed by atoms with Crippen molar-refractivity contribution < 1.29 is 19.9 Å². The van der Waals surface area contributed by atoms with E-state index in [2.05, 4.69) is 0 Å². The molecule has 0 radical (unpaired) electrons. The van der Waals surface area contributed by atoms with Crippen LogP contribution < -0.4 is 0 Å². The van der Waals surface area contributed by atoms with E-state index >= 15 is 0 Å². The molecule has 3 aliphatic rings. The van der Waals surface area contributed by atoms with Gasteiger partial charge in [0.15, 0.2) is 0 Å². The van der Waals surface area contributed by atoms with Crippen LogP contribution in [0.3, 0.4) is 0 Å². The molecular weight excluding hydrogens is 312 g/mol. The summed E-state index contributed by atoms with van der Waals surface area (Å²) >= 11 is 0. The van der Waals surface area contributed by atoms with Gasteiger partial charge in [0.25, 0.3) is 5.69 Å². The van der Waals surface area contributed by atoms with Gasteiger partial charge >= 0.3 is 0 Å². The molecule has 2 aromatic rings. The second-order valence-electron chi connectivity index (χ2n) is 6.54. The highest BCUT2D eigenvalue weighted by Crippen LogP contribution is 2.55. The standard InChI is InChI=1S/C17H16N2O5/c1-8-6-10(3-5-12(8)19(23)24)18-16(21)14-9-2-4-11(13(20)7-9)15(14)17(18)22/h3,5-6,9,11,21-22H,2,4,7H2,1H3/t9-,11+/m0/s1. The van der Waals surface area contributed by atoms with Gasteiger partial charge in [0.05, 0.1) is 10.6 Å². The van der Waals surface area contributed by atoms with Gasteiger partial charge < -0.3 is 10.2 Å². The van der Waals surface area contributed by atoms with Gasteiger partial charge in [-0.05, 0) is 37.8 Å². The van der Waals surface area contributed by atoms with Gasteiger partial charge in [-0.15, -0.1) is 0 Å². The summed E-state index contributed by atoms with van der Waals surface area (Å²) in [5, 5.41) is 32.2. The molecule has 24 heavy (non-hydrogen) atoms. The Kier molecular flexibility index (Phi) is 2.97. The van der Waals surface area contributed by atoms with Crippen LogP contribution in [0.1, 0.15) is 47.8 Å². The van der Waals surface area contributed by atoms with Gasteiger partial charge in [-0.2, -0.15) is 0 Å². The zero-order valence-corrected chi connectivity index (χ0v) is 13.0. The number of fused-ring (bicyclic) bond motifs is 2. The SMILES string of the molecule is Cc1cc(-n2c(O)c3c(c2O)[C@@H]2CC[C@H]3CC2=O)ccc1[N+](=O)[O-]. The summed E-state index contributed by atoms with van der Waals surface area (Å²) in [5.41, 5.74) is 2.02. The summed E-state index contributed by atoms with van der Waals surface area (Å²) in [6.45, 7) is 1.60. The summed E-state index contributed by atoms with van der Waals surface area (Å²) in [6.07, 6.45) is 1.90. The molecule has 1 fully saturated rings. The summed E-state index contributed by atoms with van der Waals surface area (Å²) in [5.74, 6) is -0.539. The van der Waals surface area contributed by atoms with Gasteiger partial charge in [0.1, 0.15) is 5.78 Å². The van der Waals surface area contributed by atoms with Gasteiger partial charge in [-0.25, -0.2) is 0 Å². The van der Waals surface area contributed by atoms with E-state index in [0.717, 1.165) is 6.42 Å². The summed E-state index contributed by atoms with van der Waals surface area (Å²) in [6, 6.07) is 4.38. The number of aromatic hydroxyl groups is 2. The van der Waals surface area contributed by atoms with Crippen molar-refractivity contribution in [3.8, 4) is 17.4 Å². The zero-order valence-electron chi connectivity index (χ0n) is 13.0. The number of aromatic nitrogens is 1. The molecule has 1 aromatic heterocycles. The summed E-state index contributed by atoms with van der Waals surface area (Å²) < 4.78 is 1.28. The maximum atomic E-state index is 12.1. The van der Waals surface area contributed by atoms with Crippen LogP contribution in [0.25, 0.3) is 5.69 Å². The molecule has 124 valence electrons. The number of nitro benzene ring substituents is 1. The first-order chi connectivity index (χ1) is 11.4. The molecule has 1 aromatic carbocycles. The molecule has 0 amide bonds. The first kappa shape index (κ1) is 14.7. The fourth-order valence-electron chi connectivity index (χ4n) is 4.12. The van der Waals surface area contributed by atoms with Crippen LogP contribution in [-0.2, 0) is 4.79 Å². The third-order valence-corrected chi connectivity index (χ3v) is 5.23. The van der Waals surface area contributed by atoms with E-state index in [1.54, 1.807) is 13.0 Å². The fraction of sp³-hybridized carbons (Fsp3) is 0.353.